The Hall–Kier alpha value is -2.71. The van der Waals surface area contributed by atoms with E-state index in [2.05, 4.69) is 5.32 Å². The van der Waals surface area contributed by atoms with Gasteiger partial charge in [0.2, 0.25) is 0 Å². The molecule has 0 aliphatic carbocycles. The maximum absolute atomic E-state index is 11.2. The molecule has 0 fully saturated rings. The van der Waals surface area contributed by atoms with Crippen molar-refractivity contribution < 1.29 is 19.7 Å². The Kier molecular flexibility index (Phi) is 4.79. The van der Waals surface area contributed by atoms with Crippen molar-refractivity contribution in [1.29, 1.82) is 0 Å². The van der Waals surface area contributed by atoms with Gasteiger partial charge < -0.3 is 10.4 Å². The molecule has 0 heterocycles. The number of nitro groups is 2. The van der Waals surface area contributed by atoms with Gasteiger partial charge in [-0.3, -0.25) is 25.0 Å². The summed E-state index contributed by atoms with van der Waals surface area (Å²) in [7, 11) is 0. The second kappa shape index (κ2) is 6.16. The van der Waals surface area contributed by atoms with Gasteiger partial charge in [0, 0.05) is 12.6 Å². The molecule has 1 aromatic carbocycles. The van der Waals surface area contributed by atoms with Crippen LogP contribution in [0.15, 0.2) is 18.2 Å². The standard InChI is InChI=1S/C12H15N3O6/c1-3-12(2,11(16)17)7-13-9-5-4-8(14(18)19)6-10(9)15(20)21/h4-6,13H,3,7H2,1-2H3,(H,16,17). The molecular weight excluding hydrogens is 282 g/mol. The molecule has 0 radical (unpaired) electrons. The number of hydrogen-bond acceptors (Lipinski definition) is 6. The summed E-state index contributed by atoms with van der Waals surface area (Å²) in [6, 6.07) is 3.17. The number of benzene rings is 1. The minimum absolute atomic E-state index is 0.0303. The first-order valence-corrected chi connectivity index (χ1v) is 6.11. The minimum Gasteiger partial charge on any atom is -0.481 e. The number of carbonyl (C=O) groups is 1. The molecule has 9 heteroatoms. The van der Waals surface area contributed by atoms with Crippen molar-refractivity contribution in [2.75, 3.05) is 11.9 Å². The number of nitrogens with one attached hydrogen (secondary N) is 1. The van der Waals surface area contributed by atoms with Crippen LogP contribution in [0, 0.1) is 25.6 Å². The number of nitrogens with zero attached hydrogens (tertiary/aromatic N) is 2. The molecule has 2 N–H and O–H groups in total. The molecule has 0 aliphatic heterocycles. The maximum atomic E-state index is 11.2. The predicted molar refractivity (Wildman–Crippen MR) is 74.3 cm³/mol. The van der Waals surface area contributed by atoms with Gasteiger partial charge in [0.25, 0.3) is 11.4 Å². The predicted octanol–water partition coefficient (Wildman–Crippen LogP) is 2.42. The molecule has 0 aliphatic rings. The van der Waals surface area contributed by atoms with Crippen molar-refractivity contribution in [3.05, 3.63) is 38.4 Å². The Bertz CT molecular complexity index is 588. The molecule has 0 aromatic heterocycles. The first-order valence-electron chi connectivity index (χ1n) is 6.11. The molecule has 21 heavy (non-hydrogen) atoms. The van der Waals surface area contributed by atoms with Gasteiger partial charge >= 0.3 is 5.97 Å². The first-order chi connectivity index (χ1) is 9.71. The van der Waals surface area contributed by atoms with E-state index in [0.717, 1.165) is 12.1 Å². The lowest BCUT2D eigenvalue weighted by Gasteiger charge is -2.23. The molecule has 1 rings (SSSR count). The number of rotatable bonds is 7. The second-order valence-corrected chi connectivity index (χ2v) is 4.79. The van der Waals surface area contributed by atoms with E-state index >= 15 is 0 Å². The zero-order chi connectivity index (χ0) is 16.2. The number of anilines is 1. The molecular formula is C12H15N3O6. The SMILES string of the molecule is CCC(C)(CNc1ccc([N+](=O)[O-])cc1[N+](=O)[O-])C(=O)O. The highest BCUT2D eigenvalue weighted by atomic mass is 16.6. The maximum Gasteiger partial charge on any atom is 0.311 e. The van der Waals surface area contributed by atoms with Crippen molar-refractivity contribution >= 4 is 23.0 Å². The van der Waals surface area contributed by atoms with Crippen LogP contribution < -0.4 is 5.32 Å². The Morgan fingerprint density at radius 3 is 2.38 bits per heavy atom. The fraction of sp³-hybridized carbons (Fsp3) is 0.417. The third-order valence-electron chi connectivity index (χ3n) is 3.35. The highest BCUT2D eigenvalue weighted by molar-refractivity contribution is 5.75. The van der Waals surface area contributed by atoms with Crippen LogP contribution in [0.3, 0.4) is 0 Å². The summed E-state index contributed by atoms with van der Waals surface area (Å²) < 4.78 is 0. The molecule has 0 amide bonds. The highest BCUT2D eigenvalue weighted by Crippen LogP contribution is 2.30. The number of hydrogen-bond donors (Lipinski definition) is 2. The van der Waals surface area contributed by atoms with E-state index in [9.17, 15) is 25.0 Å². The summed E-state index contributed by atoms with van der Waals surface area (Å²) in [6.07, 6.45) is 0.329. The number of aliphatic carboxylic acids is 1. The van der Waals surface area contributed by atoms with E-state index in [1.54, 1.807) is 6.92 Å². The normalized spacial score (nSPS) is 13.2. The van der Waals surface area contributed by atoms with Crippen molar-refractivity contribution in [1.82, 2.24) is 0 Å². The fourth-order valence-electron chi connectivity index (χ4n) is 1.58. The first kappa shape index (κ1) is 16.3. The topological polar surface area (TPSA) is 136 Å². The Morgan fingerprint density at radius 1 is 1.33 bits per heavy atom. The zero-order valence-electron chi connectivity index (χ0n) is 11.5. The molecule has 0 saturated carbocycles. The highest BCUT2D eigenvalue weighted by Gasteiger charge is 2.31. The van der Waals surface area contributed by atoms with Gasteiger partial charge in [-0.1, -0.05) is 6.92 Å². The molecule has 1 aromatic rings. The summed E-state index contributed by atoms with van der Waals surface area (Å²) >= 11 is 0. The molecule has 114 valence electrons. The van der Waals surface area contributed by atoms with Crippen LogP contribution in [0.2, 0.25) is 0 Å². The lowest BCUT2D eigenvalue weighted by atomic mass is 9.87. The van der Waals surface area contributed by atoms with Gasteiger partial charge in [-0.15, -0.1) is 0 Å². The van der Waals surface area contributed by atoms with E-state index in [1.165, 1.54) is 13.0 Å². The quantitative estimate of drug-likeness (QED) is 0.582. The summed E-state index contributed by atoms with van der Waals surface area (Å²) in [5, 5.41) is 33.4. The molecule has 1 atom stereocenters. The zero-order valence-corrected chi connectivity index (χ0v) is 11.5. The van der Waals surface area contributed by atoms with E-state index in [-0.39, 0.29) is 12.2 Å². The summed E-state index contributed by atoms with van der Waals surface area (Å²) in [5.41, 5.74) is -1.90. The van der Waals surface area contributed by atoms with Crippen LogP contribution in [0.25, 0.3) is 0 Å². The fourth-order valence-corrected chi connectivity index (χ4v) is 1.58. The second-order valence-electron chi connectivity index (χ2n) is 4.79. The Morgan fingerprint density at radius 2 is 1.95 bits per heavy atom. The lowest BCUT2D eigenvalue weighted by molar-refractivity contribution is -0.393. The van der Waals surface area contributed by atoms with E-state index in [4.69, 9.17) is 5.11 Å². The van der Waals surface area contributed by atoms with Crippen LogP contribution in [0.4, 0.5) is 17.1 Å². The van der Waals surface area contributed by atoms with Crippen molar-refractivity contribution in [2.24, 2.45) is 5.41 Å². The summed E-state index contributed by atoms with van der Waals surface area (Å²) in [5.74, 6) is -1.03. The van der Waals surface area contributed by atoms with Gasteiger partial charge in [-0.25, -0.2) is 0 Å². The van der Waals surface area contributed by atoms with E-state index in [0.29, 0.717) is 6.42 Å². The average Bonchev–Trinajstić information content (AvgIpc) is 2.43. The van der Waals surface area contributed by atoms with E-state index < -0.39 is 32.6 Å². The van der Waals surface area contributed by atoms with Crippen LogP contribution in [0.5, 0.6) is 0 Å². The third-order valence-corrected chi connectivity index (χ3v) is 3.35. The van der Waals surface area contributed by atoms with Gasteiger partial charge in [0.05, 0.1) is 21.3 Å². The van der Waals surface area contributed by atoms with Crippen molar-refractivity contribution in [2.45, 2.75) is 20.3 Å². The Balaban J connectivity index is 3.06. The summed E-state index contributed by atoms with van der Waals surface area (Å²) in [4.78, 5) is 31.3. The largest absolute Gasteiger partial charge is 0.481 e. The minimum atomic E-state index is -1.09. The molecule has 0 bridgehead atoms. The average molecular weight is 297 g/mol. The van der Waals surface area contributed by atoms with Crippen molar-refractivity contribution in [3.8, 4) is 0 Å². The molecule has 9 nitrogen and oxygen atoms in total. The van der Waals surface area contributed by atoms with Crippen LogP contribution in [-0.4, -0.2) is 27.5 Å². The Labute approximate surface area is 119 Å². The smallest absolute Gasteiger partial charge is 0.311 e. The monoisotopic (exact) mass is 297 g/mol. The number of carboxylic acid groups (broad SMARTS) is 1. The lowest BCUT2D eigenvalue weighted by Crippen LogP contribution is -2.34. The van der Waals surface area contributed by atoms with Gasteiger partial charge in [0.15, 0.2) is 0 Å². The number of carboxylic acids is 1. The van der Waals surface area contributed by atoms with Gasteiger partial charge in [0.1, 0.15) is 5.69 Å². The van der Waals surface area contributed by atoms with Gasteiger partial charge in [-0.05, 0) is 19.4 Å². The number of nitro benzene ring substituents is 2. The van der Waals surface area contributed by atoms with E-state index in [1.807, 2.05) is 0 Å². The third kappa shape index (κ3) is 3.65. The van der Waals surface area contributed by atoms with Crippen molar-refractivity contribution in [3.63, 3.8) is 0 Å². The molecule has 1 unspecified atom stereocenters. The van der Waals surface area contributed by atoms with Crippen LogP contribution >= 0.6 is 0 Å². The number of non-ortho nitro benzene ring substituents is 1. The van der Waals surface area contributed by atoms with Gasteiger partial charge in [-0.2, -0.15) is 0 Å². The van der Waals surface area contributed by atoms with Crippen LogP contribution in [-0.2, 0) is 4.79 Å². The van der Waals surface area contributed by atoms with Crippen LogP contribution in [0.1, 0.15) is 20.3 Å². The summed E-state index contributed by atoms with van der Waals surface area (Å²) in [6.45, 7) is 3.18. The molecule has 0 spiro atoms. The molecule has 0 saturated heterocycles.